The van der Waals surface area contributed by atoms with Crippen LogP contribution in [0.3, 0.4) is 0 Å². The topological polar surface area (TPSA) is 127 Å². The maximum Gasteiger partial charge on any atom is 0.412 e. The van der Waals surface area contributed by atoms with E-state index >= 15 is 0 Å². The van der Waals surface area contributed by atoms with Gasteiger partial charge in [-0.05, 0) is 62.0 Å². The molecule has 1 aliphatic rings. The molecule has 35 heavy (non-hydrogen) atoms. The van der Waals surface area contributed by atoms with Crippen LogP contribution in [0.4, 0.5) is 22.0 Å². The predicted molar refractivity (Wildman–Crippen MR) is 138 cm³/mol. The Balaban J connectivity index is 0.000000203. The zero-order valence-corrected chi connectivity index (χ0v) is 20.8. The molecule has 4 rings (SSSR count). The molecule has 186 valence electrons. The van der Waals surface area contributed by atoms with Gasteiger partial charge in [-0.2, -0.15) is 0 Å². The zero-order chi connectivity index (χ0) is 25.4. The second kappa shape index (κ2) is 11.7. The number of hydrogen-bond acceptors (Lipinski definition) is 8. The number of carboxylic acid groups (broad SMARTS) is 1. The summed E-state index contributed by atoms with van der Waals surface area (Å²) in [5.74, 6) is -0.140. The van der Waals surface area contributed by atoms with Gasteiger partial charge in [0.2, 0.25) is 0 Å². The number of nitrogen functional groups attached to an aromatic ring is 1. The molecule has 1 fully saturated rings. The Morgan fingerprint density at radius 2 is 1.91 bits per heavy atom. The van der Waals surface area contributed by atoms with E-state index in [1.807, 2.05) is 50.4 Å². The van der Waals surface area contributed by atoms with E-state index in [0.29, 0.717) is 24.6 Å². The number of pyridine rings is 1. The molecule has 10 heteroatoms. The van der Waals surface area contributed by atoms with Crippen molar-refractivity contribution in [3.63, 3.8) is 0 Å². The third-order valence-corrected chi connectivity index (χ3v) is 5.74. The van der Waals surface area contributed by atoms with Crippen LogP contribution in [-0.4, -0.2) is 54.1 Å². The van der Waals surface area contributed by atoms with Crippen LogP contribution < -0.4 is 16.0 Å². The van der Waals surface area contributed by atoms with E-state index in [1.54, 1.807) is 29.5 Å². The third kappa shape index (κ3) is 7.97. The summed E-state index contributed by atoms with van der Waals surface area (Å²) in [5, 5.41) is 13.4. The Bertz CT molecular complexity index is 1120. The summed E-state index contributed by atoms with van der Waals surface area (Å²) in [6.07, 6.45) is 0.876. The van der Waals surface area contributed by atoms with Crippen LogP contribution in [0, 0.1) is 0 Å². The molecular formula is C25H30N4O5S. The van der Waals surface area contributed by atoms with Gasteiger partial charge < -0.3 is 25.2 Å². The van der Waals surface area contributed by atoms with Crippen molar-refractivity contribution in [3.05, 3.63) is 59.6 Å². The number of morpholine rings is 1. The zero-order valence-electron chi connectivity index (χ0n) is 20.0. The van der Waals surface area contributed by atoms with Crippen LogP contribution in [0.25, 0.3) is 10.4 Å². The van der Waals surface area contributed by atoms with Gasteiger partial charge in [0.1, 0.15) is 11.4 Å². The maximum atomic E-state index is 11.7. The van der Waals surface area contributed by atoms with Crippen molar-refractivity contribution in [1.82, 2.24) is 4.98 Å². The van der Waals surface area contributed by atoms with Crippen molar-refractivity contribution in [2.45, 2.75) is 26.4 Å². The number of nitrogens with zero attached hydrogens (tertiary/aromatic N) is 2. The summed E-state index contributed by atoms with van der Waals surface area (Å²) >= 11 is 1.64. The molecule has 0 spiro atoms. The van der Waals surface area contributed by atoms with Gasteiger partial charge in [0.05, 0.1) is 30.2 Å². The summed E-state index contributed by atoms with van der Waals surface area (Å²) < 4.78 is 10.4. The highest BCUT2D eigenvalue weighted by Crippen LogP contribution is 2.30. The normalized spacial score (nSPS) is 13.4. The van der Waals surface area contributed by atoms with Gasteiger partial charge >= 0.3 is 12.1 Å². The summed E-state index contributed by atoms with van der Waals surface area (Å²) in [6.45, 7) is 8.45. The van der Waals surface area contributed by atoms with Gasteiger partial charge in [-0.1, -0.05) is 12.1 Å². The number of amides is 1. The Labute approximate surface area is 208 Å². The average molecular weight is 499 g/mol. The number of aromatic nitrogens is 1. The molecule has 1 aromatic carbocycles. The lowest BCUT2D eigenvalue weighted by Crippen LogP contribution is -2.36. The largest absolute Gasteiger partial charge is 0.478 e. The van der Waals surface area contributed by atoms with E-state index in [4.69, 9.17) is 20.3 Å². The number of nitrogens with two attached hydrogens (primary N) is 1. The van der Waals surface area contributed by atoms with Crippen molar-refractivity contribution in [2.75, 3.05) is 42.3 Å². The lowest BCUT2D eigenvalue weighted by Gasteiger charge is -2.27. The van der Waals surface area contributed by atoms with Crippen molar-refractivity contribution in [3.8, 4) is 10.4 Å². The second-order valence-electron chi connectivity index (χ2n) is 8.72. The molecule has 9 nitrogen and oxygen atoms in total. The fraction of sp³-hybridized carbons (Fsp3) is 0.320. The Kier molecular flexibility index (Phi) is 8.67. The first-order chi connectivity index (χ1) is 16.6. The summed E-state index contributed by atoms with van der Waals surface area (Å²) in [5.41, 5.74) is 7.76. The van der Waals surface area contributed by atoms with E-state index in [9.17, 15) is 9.59 Å². The van der Waals surface area contributed by atoms with Gasteiger partial charge in [0, 0.05) is 24.2 Å². The van der Waals surface area contributed by atoms with Crippen molar-refractivity contribution >= 4 is 40.6 Å². The molecule has 1 saturated heterocycles. The van der Waals surface area contributed by atoms with Gasteiger partial charge in [0.15, 0.2) is 0 Å². The number of hydrogen-bond donors (Lipinski definition) is 3. The van der Waals surface area contributed by atoms with Crippen LogP contribution in [0.5, 0.6) is 0 Å². The van der Waals surface area contributed by atoms with Crippen molar-refractivity contribution in [1.29, 1.82) is 0 Å². The Hall–Kier alpha value is -3.63. The molecule has 0 saturated carbocycles. The number of thiophene rings is 1. The molecule has 2 aromatic heterocycles. The van der Waals surface area contributed by atoms with Gasteiger partial charge in [-0.3, -0.25) is 5.32 Å². The summed E-state index contributed by atoms with van der Waals surface area (Å²) in [6, 6.07) is 12.9. The molecule has 3 heterocycles. The number of ether oxygens (including phenoxy) is 2. The first-order valence-corrected chi connectivity index (χ1v) is 12.0. The number of benzene rings is 1. The number of nitrogens with one attached hydrogen (secondary N) is 1. The molecular weight excluding hydrogens is 468 g/mol. The molecule has 0 unspecified atom stereocenters. The first kappa shape index (κ1) is 26.0. The van der Waals surface area contributed by atoms with E-state index in [-0.39, 0.29) is 5.56 Å². The van der Waals surface area contributed by atoms with Gasteiger partial charge in [-0.25, -0.2) is 14.6 Å². The van der Waals surface area contributed by atoms with Crippen molar-refractivity contribution in [2.24, 2.45) is 0 Å². The summed E-state index contributed by atoms with van der Waals surface area (Å²) in [7, 11) is 0. The quantitative estimate of drug-likeness (QED) is 0.431. The molecule has 0 aliphatic carbocycles. The predicted octanol–water partition coefficient (Wildman–Crippen LogP) is 4.96. The van der Waals surface area contributed by atoms with E-state index < -0.39 is 17.7 Å². The third-order valence-electron chi connectivity index (χ3n) is 4.82. The Morgan fingerprint density at radius 3 is 2.46 bits per heavy atom. The fourth-order valence-corrected chi connectivity index (χ4v) is 3.90. The minimum absolute atomic E-state index is 0.215. The van der Waals surface area contributed by atoms with Crippen LogP contribution in [0.1, 0.15) is 31.1 Å². The van der Waals surface area contributed by atoms with E-state index in [2.05, 4.69) is 15.2 Å². The van der Waals surface area contributed by atoms with Crippen LogP contribution in [0.15, 0.2) is 54.0 Å². The lowest BCUT2D eigenvalue weighted by atomic mass is 10.1. The number of anilines is 3. The molecule has 0 atom stereocenters. The fourth-order valence-electron chi connectivity index (χ4n) is 3.18. The second-order valence-corrected chi connectivity index (χ2v) is 9.66. The molecule has 1 aliphatic heterocycles. The molecule has 1 amide bonds. The van der Waals surface area contributed by atoms with Crippen molar-refractivity contribution < 1.29 is 24.2 Å². The number of carbonyl (C=O) groups is 2. The van der Waals surface area contributed by atoms with E-state index in [0.717, 1.165) is 29.3 Å². The van der Waals surface area contributed by atoms with Gasteiger partial charge in [0.25, 0.3) is 0 Å². The standard InChI is InChI=1S/C15H18N2O2S.C10H12N2O3/c1-15(2,3)19-14(18)17-12-7-6-10(9-11(12)16)13-5-4-8-20-13;13-10(14)8-1-2-9(11-7-8)12-3-5-15-6-4-12/h4-9H,16H2,1-3H3,(H,17,18);1-2,7H,3-6H2,(H,13,14). The minimum Gasteiger partial charge on any atom is -0.478 e. The highest BCUT2D eigenvalue weighted by Gasteiger charge is 2.17. The first-order valence-electron chi connectivity index (χ1n) is 11.1. The number of carboxylic acids is 1. The Morgan fingerprint density at radius 1 is 1.17 bits per heavy atom. The van der Waals surface area contributed by atoms with Crippen LogP contribution >= 0.6 is 11.3 Å². The lowest BCUT2D eigenvalue weighted by molar-refractivity contribution is 0.0634. The molecule has 4 N–H and O–H groups in total. The van der Waals surface area contributed by atoms with Gasteiger partial charge in [-0.15, -0.1) is 11.3 Å². The summed E-state index contributed by atoms with van der Waals surface area (Å²) in [4.78, 5) is 29.7. The van der Waals surface area contributed by atoms with Crippen LogP contribution in [0.2, 0.25) is 0 Å². The smallest absolute Gasteiger partial charge is 0.412 e. The SMILES string of the molecule is CC(C)(C)OC(=O)Nc1ccc(-c2cccs2)cc1N.O=C(O)c1ccc(N2CCOCC2)nc1. The number of rotatable bonds is 4. The minimum atomic E-state index is -0.948. The maximum absolute atomic E-state index is 11.7. The number of aromatic carboxylic acids is 1. The molecule has 0 radical (unpaired) electrons. The average Bonchev–Trinajstić information content (AvgIpc) is 3.35. The van der Waals surface area contributed by atoms with Crippen LogP contribution in [-0.2, 0) is 9.47 Å². The molecule has 0 bridgehead atoms. The number of carbonyl (C=O) groups excluding carboxylic acids is 1. The van der Waals surface area contributed by atoms with E-state index in [1.165, 1.54) is 6.20 Å². The monoisotopic (exact) mass is 498 g/mol. The highest BCUT2D eigenvalue weighted by atomic mass is 32.1. The highest BCUT2D eigenvalue weighted by molar-refractivity contribution is 7.13. The molecule has 3 aromatic rings.